The second-order valence-electron chi connectivity index (χ2n) is 9.71. The Labute approximate surface area is 185 Å². The molecule has 0 bridgehead atoms. The molecule has 170 valence electrons. The molecule has 1 aromatic carbocycles. The molecule has 31 heavy (non-hydrogen) atoms. The third kappa shape index (κ3) is 4.88. The molecular formula is C24H36N4O3. The van der Waals surface area contributed by atoms with E-state index in [0.29, 0.717) is 25.4 Å². The average Bonchev–Trinajstić information content (AvgIpc) is 2.89. The quantitative estimate of drug-likeness (QED) is 0.781. The second kappa shape index (κ2) is 9.57. The van der Waals surface area contributed by atoms with Crippen LogP contribution < -0.4 is 0 Å². The summed E-state index contributed by atoms with van der Waals surface area (Å²) in [4.78, 5) is 29.0. The fraction of sp³-hybridized carbons (Fsp3) is 0.667. The van der Waals surface area contributed by atoms with Crippen molar-refractivity contribution in [3.8, 4) is 0 Å². The van der Waals surface area contributed by atoms with Gasteiger partial charge in [-0.15, -0.1) is 0 Å². The number of carboxylic acid groups (broad SMARTS) is 1. The van der Waals surface area contributed by atoms with Gasteiger partial charge in [-0.25, -0.2) is 9.80 Å². The summed E-state index contributed by atoms with van der Waals surface area (Å²) in [6.07, 6.45) is 2.49. The summed E-state index contributed by atoms with van der Waals surface area (Å²) in [5, 5.41) is 13.8. The zero-order valence-electron chi connectivity index (χ0n) is 18.8. The SMILES string of the molecule is CC(C)CN1C2CCN(C(=O)O)CCC2C(=O)N1C1CCN(Cc2ccccc2)CC1. The molecule has 2 amide bonds. The second-order valence-corrected chi connectivity index (χ2v) is 9.71. The maximum absolute atomic E-state index is 13.5. The molecule has 0 aromatic heterocycles. The molecule has 7 heteroatoms. The van der Waals surface area contributed by atoms with Gasteiger partial charge in [0.05, 0.1) is 12.0 Å². The van der Waals surface area contributed by atoms with Crippen molar-refractivity contribution in [2.75, 3.05) is 32.7 Å². The van der Waals surface area contributed by atoms with Gasteiger partial charge >= 0.3 is 6.09 Å². The van der Waals surface area contributed by atoms with E-state index in [0.717, 1.165) is 45.4 Å². The summed E-state index contributed by atoms with van der Waals surface area (Å²) in [7, 11) is 0. The standard InChI is InChI=1S/C24H36N4O3/c1-18(2)16-27-22-11-15-26(24(30)31)14-10-21(22)23(29)28(27)20-8-12-25(13-9-20)17-19-6-4-3-5-7-19/h3-7,18,20-22H,8-17H2,1-2H3,(H,30,31). The smallest absolute Gasteiger partial charge is 0.407 e. The van der Waals surface area contributed by atoms with Crippen LogP contribution in [-0.4, -0.2) is 81.7 Å². The van der Waals surface area contributed by atoms with Gasteiger partial charge in [-0.05, 0) is 37.2 Å². The molecule has 3 aliphatic rings. The third-order valence-corrected chi connectivity index (χ3v) is 7.05. The van der Waals surface area contributed by atoms with Crippen LogP contribution in [0.25, 0.3) is 0 Å². The van der Waals surface area contributed by atoms with Crippen molar-refractivity contribution in [1.82, 2.24) is 19.8 Å². The number of hydrazine groups is 1. The van der Waals surface area contributed by atoms with Crippen LogP contribution in [0.5, 0.6) is 0 Å². The lowest BCUT2D eigenvalue weighted by Gasteiger charge is -2.42. The van der Waals surface area contributed by atoms with E-state index in [1.807, 2.05) is 0 Å². The minimum atomic E-state index is -0.870. The van der Waals surface area contributed by atoms with Crippen LogP contribution >= 0.6 is 0 Å². The summed E-state index contributed by atoms with van der Waals surface area (Å²) in [6.45, 7) is 9.18. The Bertz CT molecular complexity index is 763. The molecule has 2 atom stereocenters. The molecule has 3 fully saturated rings. The van der Waals surface area contributed by atoms with E-state index in [-0.39, 0.29) is 23.9 Å². The highest BCUT2D eigenvalue weighted by molar-refractivity contribution is 5.82. The topological polar surface area (TPSA) is 67.3 Å². The highest BCUT2D eigenvalue weighted by Crippen LogP contribution is 2.37. The number of fused-ring (bicyclic) bond motifs is 1. The van der Waals surface area contributed by atoms with E-state index >= 15 is 0 Å². The van der Waals surface area contributed by atoms with Crippen molar-refractivity contribution in [3.63, 3.8) is 0 Å². The van der Waals surface area contributed by atoms with Gasteiger partial charge in [0, 0.05) is 45.3 Å². The third-order valence-electron chi connectivity index (χ3n) is 7.05. The number of nitrogens with zero attached hydrogens (tertiary/aromatic N) is 4. The van der Waals surface area contributed by atoms with Gasteiger partial charge in [-0.1, -0.05) is 44.2 Å². The number of carbonyl (C=O) groups is 2. The van der Waals surface area contributed by atoms with Crippen LogP contribution in [-0.2, 0) is 11.3 Å². The van der Waals surface area contributed by atoms with E-state index < -0.39 is 6.09 Å². The van der Waals surface area contributed by atoms with Crippen LogP contribution in [0.3, 0.4) is 0 Å². The average molecular weight is 429 g/mol. The number of likely N-dealkylation sites (tertiary alicyclic amines) is 2. The molecular weight excluding hydrogens is 392 g/mol. The van der Waals surface area contributed by atoms with Crippen molar-refractivity contribution in [2.24, 2.45) is 11.8 Å². The molecule has 4 rings (SSSR count). The van der Waals surface area contributed by atoms with E-state index in [2.05, 4.69) is 59.1 Å². The summed E-state index contributed by atoms with van der Waals surface area (Å²) >= 11 is 0. The highest BCUT2D eigenvalue weighted by Gasteiger charge is 2.50. The Morgan fingerprint density at radius 1 is 1.03 bits per heavy atom. The van der Waals surface area contributed by atoms with Crippen LogP contribution in [0.4, 0.5) is 4.79 Å². The summed E-state index contributed by atoms with van der Waals surface area (Å²) in [6, 6.07) is 11.0. The highest BCUT2D eigenvalue weighted by atomic mass is 16.4. The first-order valence-corrected chi connectivity index (χ1v) is 11.8. The normalized spacial score (nSPS) is 26.4. The van der Waals surface area contributed by atoms with Crippen molar-refractivity contribution in [3.05, 3.63) is 35.9 Å². The Morgan fingerprint density at radius 2 is 1.71 bits per heavy atom. The lowest BCUT2D eigenvalue weighted by Crippen LogP contribution is -2.53. The van der Waals surface area contributed by atoms with E-state index in [1.54, 1.807) is 0 Å². The first kappa shape index (κ1) is 22.1. The predicted molar refractivity (Wildman–Crippen MR) is 119 cm³/mol. The lowest BCUT2D eigenvalue weighted by molar-refractivity contribution is -0.149. The zero-order chi connectivity index (χ0) is 22.0. The van der Waals surface area contributed by atoms with Gasteiger partial charge in [-0.3, -0.25) is 14.7 Å². The molecule has 3 heterocycles. The van der Waals surface area contributed by atoms with Gasteiger partial charge in [0.2, 0.25) is 5.91 Å². The van der Waals surface area contributed by atoms with Crippen molar-refractivity contribution in [1.29, 1.82) is 0 Å². The Morgan fingerprint density at radius 3 is 2.35 bits per heavy atom. The Hall–Kier alpha value is -2.12. The van der Waals surface area contributed by atoms with Crippen LogP contribution in [0, 0.1) is 11.8 Å². The van der Waals surface area contributed by atoms with Crippen molar-refractivity contribution in [2.45, 2.75) is 58.2 Å². The first-order chi connectivity index (χ1) is 14.9. The van der Waals surface area contributed by atoms with Gasteiger partial charge in [0.1, 0.15) is 0 Å². The van der Waals surface area contributed by atoms with Crippen LogP contribution in [0.2, 0.25) is 0 Å². The van der Waals surface area contributed by atoms with Gasteiger partial charge in [-0.2, -0.15) is 0 Å². The van der Waals surface area contributed by atoms with Crippen LogP contribution in [0.15, 0.2) is 30.3 Å². The maximum atomic E-state index is 13.5. The van der Waals surface area contributed by atoms with Crippen LogP contribution in [0.1, 0.15) is 45.1 Å². The Balaban J connectivity index is 1.43. The fourth-order valence-corrected chi connectivity index (χ4v) is 5.53. The molecule has 0 radical (unpaired) electrons. The Kier molecular flexibility index (Phi) is 6.82. The molecule has 0 saturated carbocycles. The van der Waals surface area contributed by atoms with Crippen molar-refractivity contribution < 1.29 is 14.7 Å². The number of carbonyl (C=O) groups excluding carboxylic acids is 1. The first-order valence-electron chi connectivity index (χ1n) is 11.8. The van der Waals surface area contributed by atoms with Gasteiger partial charge in [0.15, 0.2) is 0 Å². The molecule has 0 spiro atoms. The lowest BCUT2D eigenvalue weighted by atomic mass is 9.95. The largest absolute Gasteiger partial charge is 0.465 e. The molecule has 3 saturated heterocycles. The predicted octanol–water partition coefficient (Wildman–Crippen LogP) is 3.12. The minimum absolute atomic E-state index is 0.0783. The number of hydrogen-bond acceptors (Lipinski definition) is 4. The molecule has 2 unspecified atom stereocenters. The van der Waals surface area contributed by atoms with Crippen molar-refractivity contribution >= 4 is 12.0 Å². The molecule has 0 aliphatic carbocycles. The summed E-state index contributed by atoms with van der Waals surface area (Å²) < 4.78 is 0. The van der Waals surface area contributed by atoms with E-state index in [9.17, 15) is 14.7 Å². The molecule has 1 aromatic rings. The number of hydrogen-bond donors (Lipinski definition) is 1. The number of benzene rings is 1. The maximum Gasteiger partial charge on any atom is 0.407 e. The molecule has 7 nitrogen and oxygen atoms in total. The molecule has 1 N–H and O–H groups in total. The fourth-order valence-electron chi connectivity index (χ4n) is 5.53. The number of rotatable bonds is 5. The number of piperidine rings is 1. The molecule has 3 aliphatic heterocycles. The monoisotopic (exact) mass is 428 g/mol. The van der Waals surface area contributed by atoms with Gasteiger partial charge < -0.3 is 10.0 Å². The zero-order valence-corrected chi connectivity index (χ0v) is 18.8. The van der Waals surface area contributed by atoms with E-state index in [1.165, 1.54) is 10.5 Å². The minimum Gasteiger partial charge on any atom is -0.465 e. The van der Waals surface area contributed by atoms with E-state index in [4.69, 9.17) is 0 Å². The van der Waals surface area contributed by atoms with Gasteiger partial charge in [0.25, 0.3) is 0 Å². The number of amides is 2. The summed E-state index contributed by atoms with van der Waals surface area (Å²) in [5.74, 6) is 0.593. The summed E-state index contributed by atoms with van der Waals surface area (Å²) in [5.41, 5.74) is 1.34.